The Labute approximate surface area is 53.2 Å². The van der Waals surface area contributed by atoms with Crippen LogP contribution in [0.3, 0.4) is 0 Å². The summed E-state index contributed by atoms with van der Waals surface area (Å²) >= 11 is 0. The maximum Gasteiger partial charge on any atom is 0.404 e. The Morgan fingerprint density at radius 1 is 1.78 bits per heavy atom. The first-order valence-electron chi connectivity index (χ1n) is 2.99. The first kappa shape index (κ1) is 6.35. The van der Waals surface area contributed by atoms with E-state index in [1.807, 2.05) is 0 Å². The second-order valence-corrected chi connectivity index (χ2v) is 2.14. The summed E-state index contributed by atoms with van der Waals surface area (Å²) in [4.78, 5) is 10.0. The maximum absolute atomic E-state index is 10.0. The van der Waals surface area contributed by atoms with Gasteiger partial charge in [-0.25, -0.2) is 4.79 Å². The summed E-state index contributed by atoms with van der Waals surface area (Å²) in [5, 5.41) is 13.7. The Morgan fingerprint density at radius 2 is 2.56 bits per heavy atom. The highest BCUT2D eigenvalue weighted by molar-refractivity contribution is 5.64. The van der Waals surface area contributed by atoms with E-state index < -0.39 is 6.09 Å². The lowest BCUT2D eigenvalue weighted by molar-refractivity contribution is 0.190. The van der Waals surface area contributed by atoms with Crippen LogP contribution >= 0.6 is 0 Å². The molecule has 0 aromatic rings. The lowest BCUT2D eigenvalue weighted by Gasteiger charge is -2.05. The van der Waals surface area contributed by atoms with Crippen molar-refractivity contribution in [1.82, 2.24) is 10.6 Å². The highest BCUT2D eigenvalue weighted by atomic mass is 16.4. The average molecular weight is 130 g/mol. The van der Waals surface area contributed by atoms with Crippen LogP contribution in [0.25, 0.3) is 0 Å². The predicted octanol–water partition coefficient (Wildman–Crippen LogP) is -0.384. The summed E-state index contributed by atoms with van der Waals surface area (Å²) in [6.07, 6.45) is -0.0181. The molecule has 1 aliphatic heterocycles. The van der Waals surface area contributed by atoms with Gasteiger partial charge in [0.05, 0.1) is 0 Å². The Balaban J connectivity index is 2.19. The van der Waals surface area contributed by atoms with E-state index in [1.54, 1.807) is 0 Å². The second kappa shape index (κ2) is 2.68. The van der Waals surface area contributed by atoms with Crippen LogP contribution in [-0.2, 0) is 0 Å². The maximum atomic E-state index is 10.0. The van der Waals surface area contributed by atoms with Gasteiger partial charge in [-0.1, -0.05) is 0 Å². The number of hydrogen-bond acceptors (Lipinski definition) is 2. The van der Waals surface area contributed by atoms with E-state index in [9.17, 15) is 4.79 Å². The molecule has 52 valence electrons. The summed E-state index contributed by atoms with van der Waals surface area (Å²) < 4.78 is 0. The number of nitrogens with one attached hydrogen (secondary N) is 2. The fourth-order valence-electron chi connectivity index (χ4n) is 0.952. The van der Waals surface area contributed by atoms with Gasteiger partial charge in [0.1, 0.15) is 0 Å². The molecule has 1 fully saturated rings. The predicted molar refractivity (Wildman–Crippen MR) is 32.4 cm³/mol. The molecule has 1 atom stereocenters. The zero-order valence-corrected chi connectivity index (χ0v) is 5.05. The van der Waals surface area contributed by atoms with Crippen LogP contribution in [0.5, 0.6) is 0 Å². The Morgan fingerprint density at radius 3 is 3.00 bits per heavy atom. The molecular weight excluding hydrogens is 120 g/mol. The quantitative estimate of drug-likeness (QED) is 0.453. The number of rotatable bonds is 1. The van der Waals surface area contributed by atoms with E-state index in [4.69, 9.17) is 5.11 Å². The molecule has 0 aromatic heterocycles. The van der Waals surface area contributed by atoms with E-state index in [1.165, 1.54) is 0 Å². The van der Waals surface area contributed by atoms with Crippen molar-refractivity contribution in [3.8, 4) is 0 Å². The highest BCUT2D eigenvalue weighted by Gasteiger charge is 2.14. The van der Waals surface area contributed by atoms with Gasteiger partial charge >= 0.3 is 6.09 Å². The van der Waals surface area contributed by atoms with Gasteiger partial charge in [0, 0.05) is 12.6 Å². The van der Waals surface area contributed by atoms with Gasteiger partial charge in [0.25, 0.3) is 0 Å². The number of hydrogen-bond donors (Lipinski definition) is 3. The first-order valence-corrected chi connectivity index (χ1v) is 2.99. The lowest BCUT2D eigenvalue weighted by atomic mass is 10.3. The second-order valence-electron chi connectivity index (χ2n) is 2.14. The minimum Gasteiger partial charge on any atom is -0.465 e. The normalized spacial score (nSPS) is 26.0. The van der Waals surface area contributed by atoms with Gasteiger partial charge in [-0.2, -0.15) is 0 Å². The summed E-state index contributed by atoms with van der Waals surface area (Å²) in [6, 6.07) is 0.127. The van der Waals surface area contributed by atoms with Crippen molar-refractivity contribution in [3.05, 3.63) is 0 Å². The molecule has 1 rings (SSSR count). The fourth-order valence-corrected chi connectivity index (χ4v) is 0.952. The van der Waals surface area contributed by atoms with Crippen molar-refractivity contribution in [1.29, 1.82) is 0 Å². The summed E-state index contributed by atoms with van der Waals surface area (Å²) in [5.74, 6) is 0. The van der Waals surface area contributed by atoms with Gasteiger partial charge < -0.3 is 15.7 Å². The molecule has 0 saturated carbocycles. The molecule has 9 heavy (non-hydrogen) atoms. The molecule has 0 unspecified atom stereocenters. The molecule has 1 saturated heterocycles. The van der Waals surface area contributed by atoms with Crippen LogP contribution in [0.2, 0.25) is 0 Å². The summed E-state index contributed by atoms with van der Waals surface area (Å²) in [5.41, 5.74) is 0. The molecule has 0 bridgehead atoms. The van der Waals surface area contributed by atoms with E-state index in [2.05, 4.69) is 10.6 Å². The van der Waals surface area contributed by atoms with Crippen LogP contribution < -0.4 is 10.6 Å². The molecule has 0 radical (unpaired) electrons. The van der Waals surface area contributed by atoms with Crippen molar-refractivity contribution in [2.75, 3.05) is 13.1 Å². The van der Waals surface area contributed by atoms with Crippen molar-refractivity contribution >= 4 is 6.09 Å². The molecule has 1 aliphatic rings. The molecule has 4 nitrogen and oxygen atoms in total. The summed E-state index contributed by atoms with van der Waals surface area (Å²) in [6.45, 7) is 1.69. The van der Waals surface area contributed by atoms with Gasteiger partial charge in [-0.15, -0.1) is 0 Å². The Kier molecular flexibility index (Phi) is 1.89. The SMILES string of the molecule is O=C(O)N[C@H]1CCNC1. The molecule has 0 aromatic carbocycles. The third-order valence-electron chi connectivity index (χ3n) is 1.39. The third-order valence-corrected chi connectivity index (χ3v) is 1.39. The minimum atomic E-state index is -0.927. The molecule has 1 heterocycles. The lowest BCUT2D eigenvalue weighted by Crippen LogP contribution is -2.34. The smallest absolute Gasteiger partial charge is 0.404 e. The van der Waals surface area contributed by atoms with Crippen molar-refractivity contribution in [3.63, 3.8) is 0 Å². The van der Waals surface area contributed by atoms with E-state index in [-0.39, 0.29) is 6.04 Å². The largest absolute Gasteiger partial charge is 0.465 e. The topological polar surface area (TPSA) is 61.4 Å². The van der Waals surface area contributed by atoms with Crippen LogP contribution in [0.1, 0.15) is 6.42 Å². The van der Waals surface area contributed by atoms with Crippen LogP contribution in [0.15, 0.2) is 0 Å². The monoisotopic (exact) mass is 130 g/mol. The molecule has 4 heteroatoms. The van der Waals surface area contributed by atoms with Gasteiger partial charge in [0.15, 0.2) is 0 Å². The number of carboxylic acid groups (broad SMARTS) is 1. The number of amides is 1. The number of carbonyl (C=O) groups is 1. The summed E-state index contributed by atoms with van der Waals surface area (Å²) in [7, 11) is 0. The van der Waals surface area contributed by atoms with Crippen LogP contribution in [-0.4, -0.2) is 30.3 Å². The van der Waals surface area contributed by atoms with Gasteiger partial charge in [-0.3, -0.25) is 0 Å². The first-order chi connectivity index (χ1) is 4.29. The molecule has 1 amide bonds. The third kappa shape index (κ3) is 1.89. The zero-order valence-electron chi connectivity index (χ0n) is 5.05. The van der Waals surface area contributed by atoms with Crippen molar-refractivity contribution < 1.29 is 9.90 Å². The Hall–Kier alpha value is -0.770. The molecule has 3 N–H and O–H groups in total. The van der Waals surface area contributed by atoms with E-state index in [0.29, 0.717) is 0 Å². The minimum absolute atomic E-state index is 0.127. The average Bonchev–Trinajstić information content (AvgIpc) is 2.15. The van der Waals surface area contributed by atoms with Gasteiger partial charge in [-0.05, 0) is 13.0 Å². The van der Waals surface area contributed by atoms with Crippen molar-refractivity contribution in [2.24, 2.45) is 0 Å². The fraction of sp³-hybridized carbons (Fsp3) is 0.800. The van der Waals surface area contributed by atoms with Gasteiger partial charge in [0.2, 0.25) is 0 Å². The van der Waals surface area contributed by atoms with Crippen molar-refractivity contribution in [2.45, 2.75) is 12.5 Å². The van der Waals surface area contributed by atoms with E-state index >= 15 is 0 Å². The standard InChI is InChI=1S/C5H10N2O2/c8-5(9)7-4-1-2-6-3-4/h4,6-7H,1-3H2,(H,8,9)/t4-/m0/s1. The molecular formula is C5H10N2O2. The molecule has 0 spiro atoms. The zero-order chi connectivity index (χ0) is 6.69. The Bertz CT molecular complexity index is 110. The molecule has 0 aliphatic carbocycles. The van der Waals surface area contributed by atoms with Crippen LogP contribution in [0, 0.1) is 0 Å². The highest BCUT2D eigenvalue weighted by Crippen LogP contribution is 1.95. The van der Waals surface area contributed by atoms with Crippen LogP contribution in [0.4, 0.5) is 4.79 Å². The van der Waals surface area contributed by atoms with E-state index in [0.717, 1.165) is 19.5 Å².